The van der Waals surface area contributed by atoms with Crippen molar-refractivity contribution in [3.8, 4) is 0 Å². The summed E-state index contributed by atoms with van der Waals surface area (Å²) in [6.07, 6.45) is -6.18. The third-order valence-electron chi connectivity index (χ3n) is 14.4. The normalized spacial score (nSPS) is 56.0. The van der Waals surface area contributed by atoms with Gasteiger partial charge in [0.05, 0.1) is 30.0 Å². The highest BCUT2D eigenvalue weighted by Gasteiger charge is 2.72. The van der Waals surface area contributed by atoms with Gasteiger partial charge in [-0.3, -0.25) is 0 Å². The number of fused-ring (bicyclic) bond motifs is 5. The highest BCUT2D eigenvalue weighted by molar-refractivity contribution is 5.86. The predicted octanol–water partition coefficient (Wildman–Crippen LogP) is -0.605. The summed E-state index contributed by atoms with van der Waals surface area (Å²) >= 11 is 0. The van der Waals surface area contributed by atoms with Gasteiger partial charge in [-0.2, -0.15) is 0 Å². The molecule has 18 unspecified atom stereocenters. The standard InChI is InChI=1S/C35H54O14/c1-16-29(49-31-27(41)25(39)24(38)22(14-36)48-31)26(40)28(42)30(46-16)47-19-6-8-32(2)17(12-19)4-5-21-20(32)7-9-33(3)34(43,10-11-35(21,33)44)18-13-23(37)45-15-18/h13,16-17,19-22,24-31,36,38-44H,4-12,14-15H2,1-3H3. The number of ether oxygens (including phenoxy) is 5. The molecule has 0 radical (unpaired) electrons. The van der Waals surface area contributed by atoms with Crippen LogP contribution in [0.1, 0.15) is 78.6 Å². The fraction of sp³-hybridized carbons (Fsp3) is 0.914. The largest absolute Gasteiger partial charge is 0.458 e. The van der Waals surface area contributed by atoms with Crippen molar-refractivity contribution in [2.45, 2.75) is 157 Å². The van der Waals surface area contributed by atoms with Gasteiger partial charge in [0.1, 0.15) is 49.3 Å². The van der Waals surface area contributed by atoms with Crippen LogP contribution >= 0.6 is 0 Å². The maximum atomic E-state index is 12.5. The maximum absolute atomic E-state index is 12.5. The molecule has 14 nitrogen and oxygen atoms in total. The van der Waals surface area contributed by atoms with Gasteiger partial charge in [0, 0.05) is 17.1 Å². The Labute approximate surface area is 285 Å². The number of aliphatic hydroxyl groups excluding tert-OH is 6. The molecule has 6 fully saturated rings. The van der Waals surface area contributed by atoms with Gasteiger partial charge in [-0.1, -0.05) is 13.8 Å². The van der Waals surface area contributed by atoms with Crippen LogP contribution in [-0.4, -0.2) is 139 Å². The number of cyclic esters (lactones) is 1. The molecular weight excluding hydrogens is 644 g/mol. The summed E-state index contributed by atoms with van der Waals surface area (Å²) in [6, 6.07) is 0. The van der Waals surface area contributed by atoms with E-state index in [1.165, 1.54) is 6.08 Å². The van der Waals surface area contributed by atoms with Crippen molar-refractivity contribution in [2.75, 3.05) is 13.2 Å². The lowest BCUT2D eigenvalue weighted by Crippen LogP contribution is -2.66. The highest BCUT2D eigenvalue weighted by Crippen LogP contribution is 2.71. The number of hydrogen-bond acceptors (Lipinski definition) is 14. The molecule has 18 atom stereocenters. The SMILES string of the molecule is CC1OC(OC2CCC3(C)C(CCC4C3CCC3(C)C(O)(C5=CC(=O)OC5)CCC43O)C2)C(O)C(O)C1OC1OC(CO)C(O)C(O)C1O. The third-order valence-corrected chi connectivity index (χ3v) is 14.4. The number of hydrogen-bond donors (Lipinski definition) is 8. The summed E-state index contributed by atoms with van der Waals surface area (Å²) in [7, 11) is 0. The second kappa shape index (κ2) is 12.7. The van der Waals surface area contributed by atoms with Crippen molar-refractivity contribution in [1.82, 2.24) is 0 Å². The van der Waals surface area contributed by atoms with Crippen LogP contribution in [0.5, 0.6) is 0 Å². The highest BCUT2D eigenvalue weighted by atomic mass is 16.7. The van der Waals surface area contributed by atoms with E-state index in [9.17, 15) is 45.6 Å². The van der Waals surface area contributed by atoms with Crippen LogP contribution in [-0.2, 0) is 28.5 Å². The average molecular weight is 699 g/mol. The molecule has 3 aliphatic heterocycles. The van der Waals surface area contributed by atoms with E-state index in [4.69, 9.17) is 23.7 Å². The number of carbonyl (C=O) groups excluding carboxylic acids is 1. The van der Waals surface area contributed by atoms with E-state index in [0.29, 0.717) is 37.2 Å². The van der Waals surface area contributed by atoms with E-state index in [0.717, 1.165) is 32.1 Å². The molecule has 278 valence electrons. The fourth-order valence-electron chi connectivity index (χ4n) is 11.3. The minimum atomic E-state index is -1.67. The Kier molecular flexibility index (Phi) is 9.36. The van der Waals surface area contributed by atoms with Crippen LogP contribution in [0.2, 0.25) is 0 Å². The number of esters is 1. The molecule has 7 aliphatic rings. The number of rotatable bonds is 6. The molecule has 3 heterocycles. The van der Waals surface area contributed by atoms with Gasteiger partial charge in [0.25, 0.3) is 0 Å². The Morgan fingerprint density at radius 1 is 0.816 bits per heavy atom. The van der Waals surface area contributed by atoms with Crippen molar-refractivity contribution in [2.24, 2.45) is 28.6 Å². The topological polar surface area (TPSA) is 225 Å². The summed E-state index contributed by atoms with van der Waals surface area (Å²) < 4.78 is 28.7. The lowest BCUT2D eigenvalue weighted by atomic mass is 9.42. The first-order valence-corrected chi connectivity index (χ1v) is 18.0. The molecule has 4 aliphatic carbocycles. The van der Waals surface area contributed by atoms with Gasteiger partial charge < -0.3 is 64.5 Å². The monoisotopic (exact) mass is 698 g/mol. The summed E-state index contributed by atoms with van der Waals surface area (Å²) in [5, 5.41) is 86.7. The van der Waals surface area contributed by atoms with Crippen molar-refractivity contribution in [3.63, 3.8) is 0 Å². The predicted molar refractivity (Wildman–Crippen MR) is 167 cm³/mol. The molecule has 0 aromatic carbocycles. The van der Waals surface area contributed by atoms with Crippen molar-refractivity contribution in [1.29, 1.82) is 0 Å². The van der Waals surface area contributed by atoms with Crippen LogP contribution in [0.25, 0.3) is 0 Å². The van der Waals surface area contributed by atoms with Crippen LogP contribution < -0.4 is 0 Å². The molecule has 0 aromatic heterocycles. The molecule has 7 rings (SSSR count). The molecule has 0 aromatic rings. The van der Waals surface area contributed by atoms with E-state index >= 15 is 0 Å². The summed E-state index contributed by atoms with van der Waals surface area (Å²) in [6.45, 7) is 5.37. The van der Waals surface area contributed by atoms with Gasteiger partial charge in [-0.05, 0) is 87.9 Å². The van der Waals surface area contributed by atoms with Crippen LogP contribution in [0.3, 0.4) is 0 Å². The van der Waals surface area contributed by atoms with Gasteiger partial charge in [-0.25, -0.2) is 4.79 Å². The number of carbonyl (C=O) groups is 1. The summed E-state index contributed by atoms with van der Waals surface area (Å²) in [4.78, 5) is 11.9. The maximum Gasteiger partial charge on any atom is 0.331 e. The lowest BCUT2D eigenvalue weighted by molar-refractivity contribution is -0.360. The van der Waals surface area contributed by atoms with E-state index in [2.05, 4.69) is 6.92 Å². The average Bonchev–Trinajstić information content (AvgIpc) is 3.61. The van der Waals surface area contributed by atoms with Gasteiger partial charge >= 0.3 is 5.97 Å². The molecule has 49 heavy (non-hydrogen) atoms. The minimum Gasteiger partial charge on any atom is -0.458 e. The zero-order valence-electron chi connectivity index (χ0n) is 28.5. The zero-order chi connectivity index (χ0) is 35.3. The zero-order valence-corrected chi connectivity index (χ0v) is 28.5. The van der Waals surface area contributed by atoms with Gasteiger partial charge in [-0.15, -0.1) is 0 Å². The smallest absolute Gasteiger partial charge is 0.331 e. The summed E-state index contributed by atoms with van der Waals surface area (Å²) in [5.74, 6) is 0.119. The lowest BCUT2D eigenvalue weighted by Gasteiger charge is -2.64. The molecule has 4 saturated carbocycles. The fourth-order valence-corrected chi connectivity index (χ4v) is 11.3. The third kappa shape index (κ3) is 5.39. The Bertz CT molecular complexity index is 1290. The first-order chi connectivity index (χ1) is 23.1. The van der Waals surface area contributed by atoms with Crippen molar-refractivity contribution < 1.29 is 69.3 Å². The molecule has 0 spiro atoms. The number of aliphatic hydroxyl groups is 8. The summed E-state index contributed by atoms with van der Waals surface area (Å²) in [5.41, 5.74) is -2.64. The van der Waals surface area contributed by atoms with E-state index < -0.39 is 90.6 Å². The molecule has 8 N–H and O–H groups in total. The minimum absolute atomic E-state index is 0.0118. The van der Waals surface area contributed by atoms with E-state index in [-0.39, 0.29) is 30.0 Å². The van der Waals surface area contributed by atoms with E-state index in [1.54, 1.807) is 6.92 Å². The Morgan fingerprint density at radius 3 is 2.22 bits per heavy atom. The second-order valence-corrected chi connectivity index (χ2v) is 16.4. The van der Waals surface area contributed by atoms with Gasteiger partial charge in [0.15, 0.2) is 12.6 Å². The van der Waals surface area contributed by atoms with Gasteiger partial charge in [0.2, 0.25) is 0 Å². The molecular formula is C35H54O14. The molecule has 0 amide bonds. The van der Waals surface area contributed by atoms with Crippen LogP contribution in [0.15, 0.2) is 11.6 Å². The molecule has 2 saturated heterocycles. The molecule has 0 bridgehead atoms. The Morgan fingerprint density at radius 2 is 1.53 bits per heavy atom. The molecule has 14 heteroatoms. The van der Waals surface area contributed by atoms with Crippen molar-refractivity contribution in [3.05, 3.63) is 11.6 Å². The Balaban J connectivity index is 0.988. The van der Waals surface area contributed by atoms with Crippen LogP contribution in [0, 0.1) is 28.6 Å². The quantitative estimate of drug-likeness (QED) is 0.128. The van der Waals surface area contributed by atoms with E-state index in [1.807, 2.05) is 6.92 Å². The first-order valence-electron chi connectivity index (χ1n) is 18.0. The first kappa shape index (κ1) is 36.1. The second-order valence-electron chi connectivity index (χ2n) is 16.4. The van der Waals surface area contributed by atoms with Crippen molar-refractivity contribution >= 4 is 5.97 Å². The van der Waals surface area contributed by atoms with Crippen LogP contribution in [0.4, 0.5) is 0 Å². The Hall–Kier alpha value is -1.27.